The van der Waals surface area contributed by atoms with E-state index in [0.29, 0.717) is 6.54 Å². The topological polar surface area (TPSA) is 12.4 Å². The highest BCUT2D eigenvalue weighted by atomic mass is 31.2. The van der Waals surface area contributed by atoms with Gasteiger partial charge in [-0.25, -0.2) is 0 Å². The smallest absolute Gasteiger partial charge is 0.0638 e. The molecule has 0 aliphatic heterocycles. The lowest BCUT2D eigenvalue weighted by Crippen LogP contribution is -2.25. The first-order chi connectivity index (χ1) is 13.8. The highest BCUT2D eigenvalue weighted by molar-refractivity contribution is 7.87. The molecule has 0 aliphatic carbocycles. The molecule has 0 fully saturated rings. The Bertz CT molecular complexity index is 983. The lowest BCUT2D eigenvalue weighted by atomic mass is 10.1. The van der Waals surface area contributed by atoms with Crippen molar-refractivity contribution >= 4 is 23.0 Å². The maximum Gasteiger partial charge on any atom is 0.0638 e. The molecule has 0 atom stereocenters. The third-order valence-electron chi connectivity index (χ3n) is 5.10. The molecule has 1 nitrogen and oxygen atoms in total. The van der Waals surface area contributed by atoms with Crippen LogP contribution in [0.15, 0.2) is 120 Å². The van der Waals surface area contributed by atoms with Gasteiger partial charge in [-0.2, -0.15) is 0 Å². The van der Waals surface area contributed by atoms with Crippen LogP contribution in [0.25, 0.3) is 0 Å². The second kappa shape index (κ2) is 8.42. The van der Waals surface area contributed by atoms with Crippen LogP contribution >= 0.6 is 7.05 Å². The maximum atomic E-state index is 5.51. The summed E-state index contributed by atoms with van der Waals surface area (Å²) < 4.78 is 5.51. The summed E-state index contributed by atoms with van der Waals surface area (Å²) in [5, 5.41) is 3.88. The summed E-state index contributed by atoms with van der Waals surface area (Å²) in [6, 6.07) is 40.9. The van der Waals surface area contributed by atoms with Gasteiger partial charge in [-0.3, -0.25) is 4.74 Å². The van der Waals surface area contributed by atoms with Gasteiger partial charge in [0, 0.05) is 15.9 Å². The van der Waals surface area contributed by atoms with E-state index < -0.39 is 7.05 Å². The molecule has 0 aliphatic rings. The van der Waals surface area contributed by atoms with Crippen molar-refractivity contribution in [3.05, 3.63) is 126 Å². The SMILES string of the molecule is Cc1ccccc1CN=P(c1ccccc1)(c1ccccc1)c1ccccc1. The quantitative estimate of drug-likeness (QED) is 0.395. The van der Waals surface area contributed by atoms with E-state index in [9.17, 15) is 0 Å². The molecule has 4 aromatic rings. The highest BCUT2D eigenvalue weighted by Gasteiger charge is 2.26. The summed E-state index contributed by atoms with van der Waals surface area (Å²) in [5.41, 5.74) is 2.58. The Balaban J connectivity index is 2.01. The molecule has 0 spiro atoms. The molecule has 0 aromatic heterocycles. The normalized spacial score (nSPS) is 11.2. The fraction of sp³-hybridized carbons (Fsp3) is 0.0769. The van der Waals surface area contributed by atoms with E-state index in [4.69, 9.17) is 4.74 Å². The monoisotopic (exact) mass is 381 g/mol. The predicted octanol–water partition coefficient (Wildman–Crippen LogP) is 5.67. The summed E-state index contributed by atoms with van der Waals surface area (Å²) in [7, 11) is -2.11. The van der Waals surface area contributed by atoms with Crippen molar-refractivity contribution in [1.82, 2.24) is 0 Å². The highest BCUT2D eigenvalue weighted by Crippen LogP contribution is 2.46. The lowest BCUT2D eigenvalue weighted by Gasteiger charge is -2.27. The van der Waals surface area contributed by atoms with Crippen LogP contribution in [-0.2, 0) is 6.54 Å². The maximum absolute atomic E-state index is 5.51. The second-order valence-corrected chi connectivity index (χ2v) is 9.97. The summed E-state index contributed by atoms with van der Waals surface area (Å²) in [5.74, 6) is 0. The van der Waals surface area contributed by atoms with Crippen LogP contribution in [0.3, 0.4) is 0 Å². The van der Waals surface area contributed by atoms with Crippen molar-refractivity contribution in [2.75, 3.05) is 0 Å². The van der Waals surface area contributed by atoms with Gasteiger partial charge in [-0.05, 0) is 18.1 Å². The average molecular weight is 381 g/mol. The van der Waals surface area contributed by atoms with E-state index in [1.807, 2.05) is 0 Å². The fourth-order valence-corrected chi connectivity index (χ4v) is 7.15. The van der Waals surface area contributed by atoms with Crippen LogP contribution in [0.2, 0.25) is 0 Å². The van der Waals surface area contributed by atoms with E-state index >= 15 is 0 Å². The minimum atomic E-state index is -2.11. The van der Waals surface area contributed by atoms with Crippen molar-refractivity contribution in [2.24, 2.45) is 4.74 Å². The predicted molar refractivity (Wildman–Crippen MR) is 122 cm³/mol. The Morgan fingerprint density at radius 3 is 1.36 bits per heavy atom. The summed E-state index contributed by atoms with van der Waals surface area (Å²) in [6.45, 7) is 2.87. The van der Waals surface area contributed by atoms with Crippen molar-refractivity contribution < 1.29 is 0 Å². The first-order valence-corrected chi connectivity index (χ1v) is 11.3. The average Bonchev–Trinajstić information content (AvgIpc) is 2.78. The van der Waals surface area contributed by atoms with Crippen molar-refractivity contribution in [2.45, 2.75) is 13.5 Å². The Hall–Kier alpha value is -2.89. The van der Waals surface area contributed by atoms with Crippen LogP contribution < -0.4 is 15.9 Å². The summed E-state index contributed by atoms with van der Waals surface area (Å²) in [4.78, 5) is 0. The first-order valence-electron chi connectivity index (χ1n) is 9.60. The molecule has 28 heavy (non-hydrogen) atoms. The van der Waals surface area contributed by atoms with Crippen LogP contribution in [0, 0.1) is 6.92 Å². The molecular formula is C26H24NP. The van der Waals surface area contributed by atoms with Gasteiger partial charge < -0.3 is 0 Å². The molecule has 4 aromatic carbocycles. The molecule has 4 rings (SSSR count). The van der Waals surface area contributed by atoms with Crippen LogP contribution in [-0.4, -0.2) is 0 Å². The third-order valence-corrected chi connectivity index (χ3v) is 8.81. The zero-order chi connectivity index (χ0) is 19.2. The molecule has 0 bridgehead atoms. The molecule has 2 heteroatoms. The van der Waals surface area contributed by atoms with Gasteiger partial charge in [0.25, 0.3) is 0 Å². The number of hydrogen-bond donors (Lipinski definition) is 0. The van der Waals surface area contributed by atoms with Gasteiger partial charge in [0.15, 0.2) is 0 Å². The first kappa shape index (κ1) is 18.5. The molecule has 0 heterocycles. The van der Waals surface area contributed by atoms with Crippen LogP contribution in [0.5, 0.6) is 0 Å². The minimum Gasteiger partial charge on any atom is -0.285 e. The van der Waals surface area contributed by atoms with E-state index in [0.717, 1.165) is 0 Å². The standard InChI is InChI=1S/C26H24NP/c1-22-13-11-12-14-23(22)21-27-28(24-15-5-2-6-16-24,25-17-7-3-8-18-25)26-19-9-4-10-20-26/h2-20H,21H2,1H3. The van der Waals surface area contributed by atoms with Gasteiger partial charge in [-0.15, -0.1) is 0 Å². The number of benzene rings is 4. The second-order valence-electron chi connectivity index (χ2n) is 6.87. The van der Waals surface area contributed by atoms with Gasteiger partial charge in [0.1, 0.15) is 0 Å². The van der Waals surface area contributed by atoms with Gasteiger partial charge in [0.05, 0.1) is 13.6 Å². The van der Waals surface area contributed by atoms with E-state index in [2.05, 4.69) is 122 Å². The Morgan fingerprint density at radius 2 is 0.929 bits per heavy atom. The molecule has 0 saturated carbocycles. The number of rotatable bonds is 5. The molecule has 0 amide bonds. The van der Waals surface area contributed by atoms with Gasteiger partial charge in [0.2, 0.25) is 0 Å². The van der Waals surface area contributed by atoms with Crippen molar-refractivity contribution in [3.8, 4) is 0 Å². The lowest BCUT2D eigenvalue weighted by molar-refractivity contribution is 1.06. The molecule has 0 saturated heterocycles. The molecule has 0 radical (unpaired) electrons. The fourth-order valence-electron chi connectivity index (χ4n) is 3.59. The van der Waals surface area contributed by atoms with E-state index in [-0.39, 0.29) is 0 Å². The zero-order valence-corrected chi connectivity index (χ0v) is 17.0. The van der Waals surface area contributed by atoms with Crippen LogP contribution in [0.4, 0.5) is 0 Å². The third kappa shape index (κ3) is 3.59. The largest absolute Gasteiger partial charge is 0.285 e. The Morgan fingerprint density at radius 1 is 0.536 bits per heavy atom. The van der Waals surface area contributed by atoms with Crippen molar-refractivity contribution in [1.29, 1.82) is 0 Å². The number of aryl methyl sites for hydroxylation is 1. The number of hydrogen-bond acceptors (Lipinski definition) is 1. The zero-order valence-electron chi connectivity index (χ0n) is 16.1. The van der Waals surface area contributed by atoms with Crippen molar-refractivity contribution in [3.63, 3.8) is 0 Å². The van der Waals surface area contributed by atoms with Crippen LogP contribution in [0.1, 0.15) is 11.1 Å². The van der Waals surface area contributed by atoms with E-state index in [1.165, 1.54) is 27.0 Å². The van der Waals surface area contributed by atoms with Gasteiger partial charge in [-0.1, -0.05) is 115 Å². The Kier molecular flexibility index (Phi) is 5.55. The van der Waals surface area contributed by atoms with Gasteiger partial charge >= 0.3 is 0 Å². The molecule has 0 N–H and O–H groups in total. The minimum absolute atomic E-state index is 0.707. The molecule has 138 valence electrons. The number of nitrogens with zero attached hydrogens (tertiary/aromatic N) is 1. The summed E-state index contributed by atoms with van der Waals surface area (Å²) >= 11 is 0. The molecular weight excluding hydrogens is 357 g/mol. The summed E-state index contributed by atoms with van der Waals surface area (Å²) in [6.07, 6.45) is 0. The Labute approximate surface area is 167 Å². The van der Waals surface area contributed by atoms with E-state index in [1.54, 1.807) is 0 Å². The molecule has 0 unspecified atom stereocenters.